The van der Waals surface area contributed by atoms with E-state index in [9.17, 15) is 5.11 Å². The maximum absolute atomic E-state index is 9.94. The van der Waals surface area contributed by atoms with Gasteiger partial charge < -0.3 is 10.4 Å². The van der Waals surface area contributed by atoms with Crippen molar-refractivity contribution in [3.8, 4) is 0 Å². The molecule has 3 heteroatoms. The second-order valence-electron chi connectivity index (χ2n) is 7.71. The van der Waals surface area contributed by atoms with E-state index in [0.717, 1.165) is 31.3 Å². The summed E-state index contributed by atoms with van der Waals surface area (Å²) in [7, 11) is 0. The molecule has 3 aliphatic rings. The fourth-order valence-corrected chi connectivity index (χ4v) is 5.47. The molecule has 0 aromatic carbocycles. The lowest BCUT2D eigenvalue weighted by molar-refractivity contribution is -0.0124. The van der Waals surface area contributed by atoms with Crippen molar-refractivity contribution < 1.29 is 5.11 Å². The van der Waals surface area contributed by atoms with E-state index >= 15 is 0 Å². The van der Waals surface area contributed by atoms with Crippen LogP contribution in [0.5, 0.6) is 0 Å². The molecule has 0 aromatic rings. The standard InChI is InChI=1S/C18H34N2O/c1-2-19-18(14-21)11-5-9-16(13-18)20-12-6-8-15-7-3-4-10-17(15)20/h15-17,19,21H,2-14H2,1H3/t15-,16?,17-,18?/m1/s1. The fraction of sp³-hybridized carbons (Fsp3) is 1.00. The molecular formula is C18H34N2O. The van der Waals surface area contributed by atoms with Gasteiger partial charge >= 0.3 is 0 Å². The Hall–Kier alpha value is -0.120. The summed E-state index contributed by atoms with van der Waals surface area (Å²) in [4.78, 5) is 2.87. The van der Waals surface area contributed by atoms with Crippen LogP contribution in [0.1, 0.15) is 71.1 Å². The predicted molar refractivity (Wildman–Crippen MR) is 87.4 cm³/mol. The van der Waals surface area contributed by atoms with Gasteiger partial charge in [0.05, 0.1) is 6.61 Å². The van der Waals surface area contributed by atoms with Crippen LogP contribution in [0, 0.1) is 5.92 Å². The molecule has 21 heavy (non-hydrogen) atoms. The number of likely N-dealkylation sites (N-methyl/N-ethyl adjacent to an activating group) is 1. The molecule has 3 rings (SSSR count). The molecule has 0 aromatic heterocycles. The summed E-state index contributed by atoms with van der Waals surface area (Å²) in [5.74, 6) is 0.970. The minimum Gasteiger partial charge on any atom is -0.394 e. The number of piperidine rings is 1. The number of nitrogens with one attached hydrogen (secondary N) is 1. The van der Waals surface area contributed by atoms with Crippen LogP contribution >= 0.6 is 0 Å². The SMILES string of the molecule is CCNC1(CO)CCCC(N2CCC[C@H]3CCCC[C@H]32)C1. The average molecular weight is 294 g/mol. The molecule has 0 spiro atoms. The van der Waals surface area contributed by atoms with Crippen LogP contribution in [-0.2, 0) is 0 Å². The average Bonchev–Trinajstić information content (AvgIpc) is 2.55. The summed E-state index contributed by atoms with van der Waals surface area (Å²) in [5, 5.41) is 13.6. The quantitative estimate of drug-likeness (QED) is 0.837. The molecule has 2 saturated carbocycles. The lowest BCUT2D eigenvalue weighted by Crippen LogP contribution is -2.59. The van der Waals surface area contributed by atoms with Crippen molar-refractivity contribution in [2.24, 2.45) is 5.92 Å². The van der Waals surface area contributed by atoms with Crippen LogP contribution in [0.2, 0.25) is 0 Å². The van der Waals surface area contributed by atoms with Gasteiger partial charge in [-0.25, -0.2) is 0 Å². The normalized spacial score (nSPS) is 41.7. The molecular weight excluding hydrogens is 260 g/mol. The van der Waals surface area contributed by atoms with Gasteiger partial charge in [0.1, 0.15) is 0 Å². The van der Waals surface area contributed by atoms with E-state index in [4.69, 9.17) is 0 Å². The molecule has 2 N–H and O–H groups in total. The van der Waals surface area contributed by atoms with Gasteiger partial charge in [0.2, 0.25) is 0 Å². The first-order valence-electron chi connectivity index (χ1n) is 9.39. The monoisotopic (exact) mass is 294 g/mol. The molecule has 3 nitrogen and oxygen atoms in total. The van der Waals surface area contributed by atoms with E-state index in [1.165, 1.54) is 57.9 Å². The summed E-state index contributed by atoms with van der Waals surface area (Å²) < 4.78 is 0. The summed E-state index contributed by atoms with van der Waals surface area (Å²) in [5.41, 5.74) is -0.000717. The predicted octanol–water partition coefficient (Wildman–Crippen LogP) is 2.92. The third-order valence-corrected chi connectivity index (χ3v) is 6.43. The number of hydrogen-bond acceptors (Lipinski definition) is 3. The number of aliphatic hydroxyl groups excluding tert-OH is 1. The molecule has 122 valence electrons. The Bertz CT molecular complexity index is 329. The van der Waals surface area contributed by atoms with E-state index in [0.29, 0.717) is 12.6 Å². The topological polar surface area (TPSA) is 35.5 Å². The van der Waals surface area contributed by atoms with Gasteiger partial charge in [0, 0.05) is 17.6 Å². The van der Waals surface area contributed by atoms with Crippen LogP contribution in [0.4, 0.5) is 0 Å². The molecule has 0 amide bonds. The molecule has 4 atom stereocenters. The molecule has 0 bridgehead atoms. The first-order valence-corrected chi connectivity index (χ1v) is 9.39. The van der Waals surface area contributed by atoms with E-state index in [1.54, 1.807) is 0 Å². The lowest BCUT2D eigenvalue weighted by Gasteiger charge is -2.51. The highest BCUT2D eigenvalue weighted by atomic mass is 16.3. The van der Waals surface area contributed by atoms with Crippen molar-refractivity contribution in [1.82, 2.24) is 10.2 Å². The number of hydrogen-bond donors (Lipinski definition) is 2. The highest BCUT2D eigenvalue weighted by molar-refractivity contribution is 4.99. The zero-order valence-electron chi connectivity index (χ0n) is 13.8. The number of nitrogens with zero attached hydrogens (tertiary/aromatic N) is 1. The zero-order chi connectivity index (χ0) is 14.7. The van der Waals surface area contributed by atoms with Gasteiger partial charge in [-0.2, -0.15) is 0 Å². The maximum Gasteiger partial charge on any atom is 0.0613 e. The summed E-state index contributed by atoms with van der Waals surface area (Å²) in [6.45, 7) is 4.75. The van der Waals surface area contributed by atoms with Crippen LogP contribution in [0.25, 0.3) is 0 Å². The fourth-order valence-electron chi connectivity index (χ4n) is 5.47. The number of likely N-dealkylation sites (tertiary alicyclic amines) is 1. The minimum atomic E-state index is -0.000717. The van der Waals surface area contributed by atoms with Crippen molar-refractivity contribution >= 4 is 0 Å². The van der Waals surface area contributed by atoms with Crippen molar-refractivity contribution in [3.63, 3.8) is 0 Å². The van der Waals surface area contributed by atoms with E-state index in [1.807, 2.05) is 0 Å². The first-order chi connectivity index (χ1) is 10.3. The highest BCUT2D eigenvalue weighted by Gasteiger charge is 2.42. The third-order valence-electron chi connectivity index (χ3n) is 6.43. The molecule has 1 saturated heterocycles. The van der Waals surface area contributed by atoms with Crippen molar-refractivity contribution in [2.75, 3.05) is 19.7 Å². The van der Waals surface area contributed by atoms with Gasteiger partial charge in [-0.3, -0.25) is 4.90 Å². The number of fused-ring (bicyclic) bond motifs is 1. The largest absolute Gasteiger partial charge is 0.394 e. The minimum absolute atomic E-state index is 0.000717. The van der Waals surface area contributed by atoms with E-state index in [-0.39, 0.29) is 5.54 Å². The molecule has 2 aliphatic carbocycles. The highest BCUT2D eigenvalue weighted by Crippen LogP contribution is 2.40. The third kappa shape index (κ3) is 3.30. The van der Waals surface area contributed by atoms with Crippen molar-refractivity contribution in [3.05, 3.63) is 0 Å². The summed E-state index contributed by atoms with van der Waals surface area (Å²) in [6.07, 6.45) is 13.6. The van der Waals surface area contributed by atoms with Crippen LogP contribution in [0.3, 0.4) is 0 Å². The van der Waals surface area contributed by atoms with Gasteiger partial charge in [-0.15, -0.1) is 0 Å². The Labute approximate surface area is 130 Å². The Morgan fingerprint density at radius 2 is 1.90 bits per heavy atom. The molecule has 1 aliphatic heterocycles. The van der Waals surface area contributed by atoms with Crippen LogP contribution < -0.4 is 5.32 Å². The maximum atomic E-state index is 9.94. The van der Waals surface area contributed by atoms with Crippen molar-refractivity contribution in [1.29, 1.82) is 0 Å². The lowest BCUT2D eigenvalue weighted by atomic mass is 9.74. The second kappa shape index (κ2) is 6.97. The Balaban J connectivity index is 1.69. The van der Waals surface area contributed by atoms with Crippen LogP contribution in [0.15, 0.2) is 0 Å². The van der Waals surface area contributed by atoms with Crippen molar-refractivity contribution in [2.45, 2.75) is 88.8 Å². The van der Waals surface area contributed by atoms with E-state index in [2.05, 4.69) is 17.1 Å². The molecule has 0 radical (unpaired) electrons. The zero-order valence-corrected chi connectivity index (χ0v) is 13.8. The Morgan fingerprint density at radius 1 is 1.10 bits per heavy atom. The number of aliphatic hydroxyl groups is 1. The molecule has 1 heterocycles. The first kappa shape index (κ1) is 15.8. The summed E-state index contributed by atoms with van der Waals surface area (Å²) in [6, 6.07) is 1.56. The number of rotatable bonds is 4. The smallest absolute Gasteiger partial charge is 0.0613 e. The van der Waals surface area contributed by atoms with Crippen LogP contribution in [-0.4, -0.2) is 47.3 Å². The van der Waals surface area contributed by atoms with Gasteiger partial charge in [0.15, 0.2) is 0 Å². The Morgan fingerprint density at radius 3 is 2.71 bits per heavy atom. The van der Waals surface area contributed by atoms with E-state index < -0.39 is 0 Å². The van der Waals surface area contributed by atoms with Gasteiger partial charge in [-0.05, 0) is 70.4 Å². The molecule has 2 unspecified atom stereocenters. The summed E-state index contributed by atoms with van der Waals surface area (Å²) >= 11 is 0. The Kier molecular flexibility index (Phi) is 5.23. The molecule has 3 fully saturated rings. The second-order valence-corrected chi connectivity index (χ2v) is 7.71. The van der Waals surface area contributed by atoms with Gasteiger partial charge in [0.25, 0.3) is 0 Å². The van der Waals surface area contributed by atoms with Gasteiger partial charge in [-0.1, -0.05) is 19.8 Å².